The SMILES string of the molecule is COc1ccccc1[C@H](CNC(=O)CCn1cnc2sc3c(c2c1=O)CCCC3)N(C)C. The average molecular weight is 455 g/mol. The van der Waals surface area contributed by atoms with Gasteiger partial charge in [0.15, 0.2) is 0 Å². The molecule has 32 heavy (non-hydrogen) atoms. The van der Waals surface area contributed by atoms with Crippen molar-refractivity contribution in [3.63, 3.8) is 0 Å². The van der Waals surface area contributed by atoms with E-state index in [0.29, 0.717) is 13.1 Å². The summed E-state index contributed by atoms with van der Waals surface area (Å²) in [7, 11) is 5.61. The van der Waals surface area contributed by atoms with E-state index >= 15 is 0 Å². The fourth-order valence-electron chi connectivity index (χ4n) is 4.37. The number of aromatic nitrogens is 2. The molecular formula is C24H30N4O3S. The Hall–Kier alpha value is -2.71. The highest BCUT2D eigenvalue weighted by Gasteiger charge is 2.21. The fraction of sp³-hybridized carbons (Fsp3) is 0.458. The van der Waals surface area contributed by atoms with Crippen molar-refractivity contribution >= 4 is 27.5 Å². The molecule has 1 N–H and O–H groups in total. The molecule has 1 atom stereocenters. The number of ether oxygens (including phenoxy) is 1. The van der Waals surface area contributed by atoms with Crippen molar-refractivity contribution in [2.24, 2.45) is 0 Å². The highest BCUT2D eigenvalue weighted by atomic mass is 32.1. The van der Waals surface area contributed by atoms with Gasteiger partial charge in [0.1, 0.15) is 10.6 Å². The third-order valence-corrected chi connectivity index (χ3v) is 7.34. The summed E-state index contributed by atoms with van der Waals surface area (Å²) in [5, 5.41) is 3.78. The van der Waals surface area contributed by atoms with Gasteiger partial charge in [-0.05, 0) is 51.4 Å². The Morgan fingerprint density at radius 3 is 2.84 bits per heavy atom. The molecule has 1 aromatic carbocycles. The summed E-state index contributed by atoms with van der Waals surface area (Å²) in [4.78, 5) is 34.4. The number of nitrogens with one attached hydrogen (secondary N) is 1. The van der Waals surface area contributed by atoms with E-state index in [1.807, 2.05) is 38.4 Å². The first-order chi connectivity index (χ1) is 15.5. The van der Waals surface area contributed by atoms with Gasteiger partial charge in [0.2, 0.25) is 5.91 Å². The molecule has 0 saturated carbocycles. The van der Waals surface area contributed by atoms with E-state index in [1.165, 1.54) is 16.9 Å². The Balaban J connectivity index is 1.42. The maximum atomic E-state index is 13.1. The molecule has 0 aliphatic heterocycles. The molecular weight excluding hydrogens is 424 g/mol. The van der Waals surface area contributed by atoms with Crippen LogP contribution in [0.15, 0.2) is 35.4 Å². The maximum Gasteiger partial charge on any atom is 0.262 e. The van der Waals surface area contributed by atoms with Gasteiger partial charge < -0.3 is 15.0 Å². The number of para-hydroxylation sites is 1. The van der Waals surface area contributed by atoms with Crippen LogP contribution >= 0.6 is 11.3 Å². The standard InChI is InChI=1S/C24H30N4O3S/c1-27(2)18(16-8-4-6-10-19(16)31-3)14-25-21(29)12-13-28-15-26-23-22(24(28)30)17-9-5-7-11-20(17)32-23/h4,6,8,10,15,18H,5,7,9,11-14H2,1-3H3,(H,25,29)/t18-/m0/s1. The molecule has 0 unspecified atom stereocenters. The molecule has 0 radical (unpaired) electrons. The van der Waals surface area contributed by atoms with Gasteiger partial charge in [-0.1, -0.05) is 18.2 Å². The van der Waals surface area contributed by atoms with Crippen LogP contribution in [0.4, 0.5) is 0 Å². The average Bonchev–Trinajstić information content (AvgIpc) is 3.18. The summed E-state index contributed by atoms with van der Waals surface area (Å²) in [6.07, 6.45) is 6.09. The monoisotopic (exact) mass is 454 g/mol. The molecule has 8 heteroatoms. The number of rotatable bonds is 8. The lowest BCUT2D eigenvalue weighted by Gasteiger charge is -2.26. The first-order valence-corrected chi connectivity index (χ1v) is 11.9. The number of carbonyl (C=O) groups excluding carboxylic acids is 1. The predicted molar refractivity (Wildman–Crippen MR) is 128 cm³/mol. The molecule has 0 spiro atoms. The van der Waals surface area contributed by atoms with Crippen LogP contribution in [-0.4, -0.2) is 48.1 Å². The van der Waals surface area contributed by atoms with Crippen molar-refractivity contribution in [1.82, 2.24) is 19.8 Å². The van der Waals surface area contributed by atoms with Crippen molar-refractivity contribution < 1.29 is 9.53 Å². The maximum absolute atomic E-state index is 13.1. The van der Waals surface area contributed by atoms with Crippen molar-refractivity contribution in [3.05, 3.63) is 57.0 Å². The number of hydrogen-bond donors (Lipinski definition) is 1. The van der Waals surface area contributed by atoms with Crippen molar-refractivity contribution in [1.29, 1.82) is 0 Å². The number of carbonyl (C=O) groups is 1. The van der Waals surface area contributed by atoms with Crippen LogP contribution in [0.2, 0.25) is 0 Å². The largest absolute Gasteiger partial charge is 0.496 e. The minimum Gasteiger partial charge on any atom is -0.496 e. The van der Waals surface area contributed by atoms with Gasteiger partial charge in [-0.3, -0.25) is 14.2 Å². The Kier molecular flexibility index (Phi) is 6.91. The summed E-state index contributed by atoms with van der Waals surface area (Å²) in [6.45, 7) is 0.774. The van der Waals surface area contributed by atoms with Crippen LogP contribution in [-0.2, 0) is 24.2 Å². The van der Waals surface area contributed by atoms with E-state index < -0.39 is 0 Å². The van der Waals surface area contributed by atoms with Gasteiger partial charge in [-0.25, -0.2) is 4.98 Å². The van der Waals surface area contributed by atoms with Gasteiger partial charge in [-0.15, -0.1) is 11.3 Å². The third kappa shape index (κ3) is 4.56. The first kappa shape index (κ1) is 22.5. The minimum absolute atomic E-state index is 0.0202. The summed E-state index contributed by atoms with van der Waals surface area (Å²) < 4.78 is 7.06. The lowest BCUT2D eigenvalue weighted by molar-refractivity contribution is -0.121. The van der Waals surface area contributed by atoms with Crippen LogP contribution in [0, 0.1) is 0 Å². The molecule has 2 heterocycles. The zero-order valence-electron chi connectivity index (χ0n) is 18.9. The smallest absolute Gasteiger partial charge is 0.262 e. The summed E-state index contributed by atoms with van der Waals surface area (Å²) >= 11 is 1.64. The number of amides is 1. The number of thiophene rings is 1. The minimum atomic E-state index is -0.0916. The molecule has 1 aliphatic rings. The lowest BCUT2D eigenvalue weighted by atomic mass is 9.97. The fourth-order valence-corrected chi connectivity index (χ4v) is 5.59. The number of fused-ring (bicyclic) bond motifs is 3. The Labute approximate surface area is 192 Å². The van der Waals surface area contributed by atoms with Crippen LogP contribution in [0.25, 0.3) is 10.2 Å². The van der Waals surface area contributed by atoms with E-state index in [2.05, 4.69) is 15.2 Å². The quantitative estimate of drug-likeness (QED) is 0.566. The zero-order valence-corrected chi connectivity index (χ0v) is 19.7. The predicted octanol–water partition coefficient (Wildman–Crippen LogP) is 3.15. The number of likely N-dealkylation sites (N-methyl/N-ethyl adjacent to an activating group) is 1. The second-order valence-corrected chi connectivity index (χ2v) is 9.49. The molecule has 2 aromatic heterocycles. The molecule has 0 saturated heterocycles. The topological polar surface area (TPSA) is 76.5 Å². The van der Waals surface area contributed by atoms with Crippen LogP contribution in [0.1, 0.15) is 41.3 Å². The number of benzene rings is 1. The number of aryl methyl sites for hydroxylation is 3. The number of hydrogen-bond acceptors (Lipinski definition) is 6. The number of nitrogens with zero attached hydrogens (tertiary/aromatic N) is 3. The second-order valence-electron chi connectivity index (χ2n) is 8.41. The summed E-state index contributed by atoms with van der Waals surface area (Å²) in [5.74, 6) is 0.705. The molecule has 0 fully saturated rings. The van der Waals surface area contributed by atoms with E-state index in [-0.39, 0.29) is 23.9 Å². The molecule has 3 aromatic rings. The molecule has 0 bridgehead atoms. The molecule has 7 nitrogen and oxygen atoms in total. The van der Waals surface area contributed by atoms with E-state index in [0.717, 1.165) is 40.8 Å². The molecule has 4 rings (SSSR count). The van der Waals surface area contributed by atoms with E-state index in [9.17, 15) is 9.59 Å². The second kappa shape index (κ2) is 9.83. The summed E-state index contributed by atoms with van der Waals surface area (Å²) in [5.41, 5.74) is 2.17. The van der Waals surface area contributed by atoms with Crippen LogP contribution < -0.4 is 15.6 Å². The normalized spacial score (nSPS) is 14.4. The molecule has 1 amide bonds. The Morgan fingerprint density at radius 1 is 1.28 bits per heavy atom. The van der Waals surface area contributed by atoms with Gasteiger partial charge in [0, 0.05) is 30.0 Å². The number of methoxy groups -OCH3 is 1. The van der Waals surface area contributed by atoms with Crippen molar-refractivity contribution in [2.75, 3.05) is 27.7 Å². The van der Waals surface area contributed by atoms with Crippen molar-refractivity contribution in [3.8, 4) is 5.75 Å². The zero-order chi connectivity index (χ0) is 22.7. The first-order valence-electron chi connectivity index (χ1n) is 11.0. The third-order valence-electron chi connectivity index (χ3n) is 6.14. The van der Waals surface area contributed by atoms with E-state index in [1.54, 1.807) is 29.3 Å². The molecule has 170 valence electrons. The highest BCUT2D eigenvalue weighted by Crippen LogP contribution is 2.33. The lowest BCUT2D eigenvalue weighted by Crippen LogP contribution is -2.35. The van der Waals surface area contributed by atoms with Gasteiger partial charge in [0.05, 0.1) is 24.9 Å². The van der Waals surface area contributed by atoms with Gasteiger partial charge in [0.25, 0.3) is 5.56 Å². The molecule has 1 aliphatic carbocycles. The Bertz CT molecular complexity index is 1170. The van der Waals surface area contributed by atoms with Gasteiger partial charge >= 0.3 is 0 Å². The van der Waals surface area contributed by atoms with Crippen molar-refractivity contribution in [2.45, 2.75) is 44.7 Å². The summed E-state index contributed by atoms with van der Waals surface area (Å²) in [6, 6.07) is 7.81. The van der Waals surface area contributed by atoms with Gasteiger partial charge in [-0.2, -0.15) is 0 Å². The Morgan fingerprint density at radius 2 is 2.06 bits per heavy atom. The van der Waals surface area contributed by atoms with E-state index in [4.69, 9.17) is 4.74 Å². The van der Waals surface area contributed by atoms with Crippen LogP contribution in [0.3, 0.4) is 0 Å². The highest BCUT2D eigenvalue weighted by molar-refractivity contribution is 7.18. The van der Waals surface area contributed by atoms with Crippen LogP contribution in [0.5, 0.6) is 5.75 Å².